The second-order valence-electron chi connectivity index (χ2n) is 5.02. The van der Waals surface area contributed by atoms with Gasteiger partial charge >= 0.3 is 0 Å². The average Bonchev–Trinajstić information content (AvgIpc) is 2.73. The van der Waals surface area contributed by atoms with E-state index in [2.05, 4.69) is 4.72 Å². The number of likely N-dealkylation sites (N-methyl/N-ethyl adjacent to an activating group) is 1. The van der Waals surface area contributed by atoms with Gasteiger partial charge in [-0.15, -0.1) is 0 Å². The lowest BCUT2D eigenvalue weighted by molar-refractivity contribution is -0.117. The normalized spacial score (nSPS) is 14.6. The van der Waals surface area contributed by atoms with Gasteiger partial charge in [0.25, 0.3) is 0 Å². The first kappa shape index (κ1) is 15.9. The fraction of sp³-hybridized carbons (Fsp3) is 0.500. The Bertz CT molecular complexity index is 628. The summed E-state index contributed by atoms with van der Waals surface area (Å²) in [6, 6.07) is 4.79. The quantitative estimate of drug-likeness (QED) is 0.759. The molecule has 0 radical (unpaired) electrons. The van der Waals surface area contributed by atoms with Gasteiger partial charge in [0.2, 0.25) is 15.9 Å². The Morgan fingerprint density at radius 2 is 2.10 bits per heavy atom. The van der Waals surface area contributed by atoms with Gasteiger partial charge < -0.3 is 9.64 Å². The molecule has 0 saturated carbocycles. The van der Waals surface area contributed by atoms with E-state index in [9.17, 15) is 13.2 Å². The Morgan fingerprint density at radius 3 is 2.81 bits per heavy atom. The van der Waals surface area contributed by atoms with Crippen LogP contribution in [-0.2, 0) is 26.0 Å². The molecule has 1 aromatic rings. The van der Waals surface area contributed by atoms with Crippen LogP contribution in [0.4, 0.5) is 5.69 Å². The lowest BCUT2D eigenvalue weighted by Gasteiger charge is -2.11. The highest BCUT2D eigenvalue weighted by Gasteiger charge is 2.26. The summed E-state index contributed by atoms with van der Waals surface area (Å²) in [6.07, 6.45) is 1.78. The molecule has 0 saturated heterocycles. The first-order chi connectivity index (χ1) is 9.95. The average molecular weight is 312 g/mol. The monoisotopic (exact) mass is 312 g/mol. The molecule has 0 atom stereocenters. The van der Waals surface area contributed by atoms with Crippen molar-refractivity contribution in [2.75, 3.05) is 32.2 Å². The predicted octanol–water partition coefficient (Wildman–Crippen LogP) is 0.910. The number of carbonyl (C=O) groups is 1. The summed E-state index contributed by atoms with van der Waals surface area (Å²) in [6.45, 7) is 0.997. The van der Waals surface area contributed by atoms with Crippen LogP contribution >= 0.6 is 0 Å². The molecule has 0 fully saturated rings. The number of carbonyl (C=O) groups excluding carboxylic acids is 1. The molecule has 0 aromatic heterocycles. The molecule has 0 spiro atoms. The number of unbranched alkanes of at least 4 members (excludes halogenated alkanes) is 1. The molecule has 0 aliphatic carbocycles. The van der Waals surface area contributed by atoms with Crippen molar-refractivity contribution in [3.8, 4) is 0 Å². The molecule has 1 aromatic carbocycles. The van der Waals surface area contributed by atoms with E-state index in [0.717, 1.165) is 24.1 Å². The maximum Gasteiger partial charge on any atom is 0.240 e. The van der Waals surface area contributed by atoms with Crippen LogP contribution in [0.5, 0.6) is 0 Å². The van der Waals surface area contributed by atoms with Crippen molar-refractivity contribution in [2.45, 2.75) is 24.2 Å². The van der Waals surface area contributed by atoms with Gasteiger partial charge in [-0.1, -0.05) is 0 Å². The van der Waals surface area contributed by atoms with E-state index in [1.165, 1.54) is 6.07 Å². The number of sulfonamides is 1. The third-order valence-corrected chi connectivity index (χ3v) is 4.96. The minimum Gasteiger partial charge on any atom is -0.385 e. The van der Waals surface area contributed by atoms with Crippen molar-refractivity contribution in [3.63, 3.8) is 0 Å². The summed E-state index contributed by atoms with van der Waals surface area (Å²) in [7, 11) is -0.216. The zero-order valence-corrected chi connectivity index (χ0v) is 13.1. The van der Waals surface area contributed by atoms with E-state index in [1.807, 2.05) is 0 Å². The van der Waals surface area contributed by atoms with Gasteiger partial charge in [-0.3, -0.25) is 4.79 Å². The Labute approximate surface area is 125 Å². The van der Waals surface area contributed by atoms with Crippen molar-refractivity contribution in [2.24, 2.45) is 0 Å². The third kappa shape index (κ3) is 3.61. The van der Waals surface area contributed by atoms with E-state index in [1.54, 1.807) is 31.2 Å². The van der Waals surface area contributed by atoms with Crippen LogP contribution in [0.15, 0.2) is 23.1 Å². The second kappa shape index (κ2) is 6.55. The number of nitrogens with one attached hydrogen (secondary N) is 1. The number of hydrogen-bond acceptors (Lipinski definition) is 4. The highest BCUT2D eigenvalue weighted by Crippen LogP contribution is 2.29. The second-order valence-corrected chi connectivity index (χ2v) is 6.78. The van der Waals surface area contributed by atoms with E-state index < -0.39 is 10.0 Å². The SMILES string of the molecule is COCCCCNS(=O)(=O)c1ccc2c(c1)CC(=O)N2C. The molecule has 0 bridgehead atoms. The Hall–Kier alpha value is -1.44. The molecule has 1 aliphatic rings. The predicted molar refractivity (Wildman–Crippen MR) is 79.9 cm³/mol. The number of amides is 1. The van der Waals surface area contributed by atoms with Crippen molar-refractivity contribution in [3.05, 3.63) is 23.8 Å². The van der Waals surface area contributed by atoms with Crippen molar-refractivity contribution in [1.29, 1.82) is 0 Å². The van der Waals surface area contributed by atoms with Crippen molar-refractivity contribution < 1.29 is 17.9 Å². The summed E-state index contributed by atoms with van der Waals surface area (Å²) in [5, 5.41) is 0. The first-order valence-electron chi connectivity index (χ1n) is 6.84. The van der Waals surface area contributed by atoms with Crippen molar-refractivity contribution >= 4 is 21.6 Å². The van der Waals surface area contributed by atoms with Crippen LogP contribution < -0.4 is 9.62 Å². The lowest BCUT2D eigenvalue weighted by Crippen LogP contribution is -2.25. The number of hydrogen-bond donors (Lipinski definition) is 1. The van der Waals surface area contributed by atoms with Crippen molar-refractivity contribution in [1.82, 2.24) is 4.72 Å². The van der Waals surface area contributed by atoms with Gasteiger partial charge in [-0.05, 0) is 36.6 Å². The van der Waals surface area contributed by atoms with E-state index in [0.29, 0.717) is 13.2 Å². The van der Waals surface area contributed by atoms with Gasteiger partial charge in [0, 0.05) is 33.0 Å². The molecular weight excluding hydrogens is 292 g/mol. The van der Waals surface area contributed by atoms with E-state index in [4.69, 9.17) is 4.74 Å². The van der Waals surface area contributed by atoms with Crippen LogP contribution in [0.1, 0.15) is 18.4 Å². The number of rotatable bonds is 7. The summed E-state index contributed by atoms with van der Waals surface area (Å²) >= 11 is 0. The molecule has 1 aliphatic heterocycles. The van der Waals surface area contributed by atoms with Gasteiger partial charge in [0.15, 0.2) is 0 Å². The Kier molecular flexibility index (Phi) is 4.97. The van der Waals surface area contributed by atoms with Crippen LogP contribution in [0, 0.1) is 0 Å². The zero-order chi connectivity index (χ0) is 15.5. The highest BCUT2D eigenvalue weighted by molar-refractivity contribution is 7.89. The number of methoxy groups -OCH3 is 1. The standard InChI is InChI=1S/C14H20N2O4S/c1-16-13-6-5-12(9-11(13)10-14(16)17)21(18,19)15-7-3-4-8-20-2/h5-6,9,15H,3-4,7-8,10H2,1-2H3. The van der Waals surface area contributed by atoms with E-state index in [-0.39, 0.29) is 17.2 Å². The number of nitrogens with zero attached hydrogens (tertiary/aromatic N) is 1. The fourth-order valence-electron chi connectivity index (χ4n) is 2.27. The van der Waals surface area contributed by atoms with Gasteiger partial charge in [-0.2, -0.15) is 0 Å². The Morgan fingerprint density at radius 1 is 1.33 bits per heavy atom. The molecule has 6 nitrogen and oxygen atoms in total. The van der Waals surface area contributed by atoms with Crippen LogP contribution in [0.25, 0.3) is 0 Å². The molecule has 7 heteroatoms. The molecule has 0 unspecified atom stereocenters. The van der Waals surface area contributed by atoms with Crippen LogP contribution in [0.3, 0.4) is 0 Å². The smallest absolute Gasteiger partial charge is 0.240 e. The number of ether oxygens (including phenoxy) is 1. The number of anilines is 1. The minimum absolute atomic E-state index is 0.0212. The largest absolute Gasteiger partial charge is 0.385 e. The molecular formula is C14H20N2O4S. The van der Waals surface area contributed by atoms with Crippen LogP contribution in [0.2, 0.25) is 0 Å². The Balaban J connectivity index is 2.05. The lowest BCUT2D eigenvalue weighted by atomic mass is 10.2. The minimum atomic E-state index is -3.52. The van der Waals surface area contributed by atoms with E-state index >= 15 is 0 Å². The summed E-state index contributed by atoms with van der Waals surface area (Å²) in [5.74, 6) is -0.0212. The third-order valence-electron chi connectivity index (χ3n) is 3.51. The fourth-order valence-corrected chi connectivity index (χ4v) is 3.40. The topological polar surface area (TPSA) is 75.7 Å². The van der Waals surface area contributed by atoms with Gasteiger partial charge in [0.1, 0.15) is 0 Å². The maximum atomic E-state index is 12.2. The number of fused-ring (bicyclic) bond motifs is 1. The number of benzene rings is 1. The molecule has 1 amide bonds. The van der Waals surface area contributed by atoms with Crippen LogP contribution in [-0.4, -0.2) is 41.6 Å². The zero-order valence-electron chi connectivity index (χ0n) is 12.3. The molecule has 2 rings (SSSR count). The summed E-state index contributed by atoms with van der Waals surface area (Å²) in [4.78, 5) is 13.4. The van der Waals surface area contributed by atoms with Gasteiger partial charge in [-0.25, -0.2) is 13.1 Å². The molecule has 21 heavy (non-hydrogen) atoms. The van der Waals surface area contributed by atoms with Gasteiger partial charge in [0.05, 0.1) is 11.3 Å². The first-order valence-corrected chi connectivity index (χ1v) is 8.32. The highest BCUT2D eigenvalue weighted by atomic mass is 32.2. The molecule has 116 valence electrons. The maximum absolute atomic E-state index is 12.2. The molecule has 1 heterocycles. The summed E-state index contributed by atoms with van der Waals surface area (Å²) < 4.78 is 31.9. The molecule has 1 N–H and O–H groups in total. The summed E-state index contributed by atoms with van der Waals surface area (Å²) in [5.41, 5.74) is 1.53.